The first-order valence-electron chi connectivity index (χ1n) is 15.5. The van der Waals surface area contributed by atoms with E-state index < -0.39 is 0 Å². The number of hydrogen-bond acceptors (Lipinski definition) is 2. The maximum Gasteiger partial charge on any atom is 0.0585 e. The number of hydrogen-bond donors (Lipinski definition) is 2. The van der Waals surface area contributed by atoms with Gasteiger partial charge in [-0.1, -0.05) is 146 Å². The Hall–Kier alpha value is -2.94. The maximum absolute atomic E-state index is 10.1. The lowest BCUT2D eigenvalue weighted by Crippen LogP contribution is -2.28. The van der Waals surface area contributed by atoms with Crippen LogP contribution in [0.15, 0.2) is 130 Å². The molecule has 0 radical (unpaired) electrons. The van der Waals surface area contributed by atoms with Crippen LogP contribution in [0.1, 0.15) is 94.9 Å². The topological polar surface area (TPSA) is 40.5 Å². The molecule has 2 atom stereocenters. The summed E-state index contributed by atoms with van der Waals surface area (Å²) in [5, 5.41) is 20.2. The van der Waals surface area contributed by atoms with Gasteiger partial charge in [-0.05, 0) is 89.2 Å². The Bertz CT molecular complexity index is 1190. The molecule has 0 aliphatic heterocycles. The maximum atomic E-state index is 10.1. The lowest BCUT2D eigenvalue weighted by Gasteiger charge is -2.35. The van der Waals surface area contributed by atoms with Crippen molar-refractivity contribution in [1.29, 1.82) is 0 Å². The van der Waals surface area contributed by atoms with E-state index in [4.69, 9.17) is 0 Å². The van der Waals surface area contributed by atoms with E-state index in [1.807, 2.05) is 0 Å². The zero-order valence-electron chi connectivity index (χ0n) is 28.0. The highest BCUT2D eigenvalue weighted by molar-refractivity contribution is 5.39. The standard InChI is InChI=1S/C40H56O2/c1-29(17-13-19-31(3)21-23-37-33(5)25-35(41)27-39(37,7)8)15-11-12-16-30(2)18-14-20-32(4)22-24-38-34(6)26-36(42)28-40(38,9)10/h11-24,35-36,41-42H,25-28H2,1-10H3/t35-,36+. The summed E-state index contributed by atoms with van der Waals surface area (Å²) in [5.74, 6) is 0. The van der Waals surface area contributed by atoms with Crippen LogP contribution in [0.25, 0.3) is 0 Å². The molecule has 0 aromatic carbocycles. The van der Waals surface area contributed by atoms with Gasteiger partial charge < -0.3 is 10.2 Å². The third-order valence-electron chi connectivity index (χ3n) is 8.24. The second kappa shape index (κ2) is 16.1. The average molecular weight is 569 g/mol. The van der Waals surface area contributed by atoms with Gasteiger partial charge in [-0.2, -0.15) is 0 Å². The van der Waals surface area contributed by atoms with E-state index in [-0.39, 0.29) is 23.0 Å². The van der Waals surface area contributed by atoms with Gasteiger partial charge in [0.15, 0.2) is 0 Å². The highest BCUT2D eigenvalue weighted by atomic mass is 16.3. The van der Waals surface area contributed by atoms with E-state index in [1.165, 1.54) is 44.6 Å². The second-order valence-electron chi connectivity index (χ2n) is 13.7. The fraction of sp³-hybridized carbons (Fsp3) is 0.450. The Balaban J connectivity index is 1.90. The van der Waals surface area contributed by atoms with Crippen molar-refractivity contribution in [2.24, 2.45) is 10.8 Å². The van der Waals surface area contributed by atoms with Gasteiger partial charge in [0.05, 0.1) is 12.2 Å². The summed E-state index contributed by atoms with van der Waals surface area (Å²) < 4.78 is 0. The molecule has 2 heteroatoms. The SMILES string of the molecule is CC(C=CC=C(C)C=CC1=C(C)C[C@@H](O)CC1(C)C)=CC=CC=C(C)C=CC=C(C)C=CC1=C(C)C[C@H](O)CC1(C)C. The van der Waals surface area contributed by atoms with E-state index in [0.29, 0.717) is 0 Å². The minimum Gasteiger partial charge on any atom is -0.393 e. The Morgan fingerprint density at radius 1 is 0.548 bits per heavy atom. The van der Waals surface area contributed by atoms with Crippen molar-refractivity contribution in [3.05, 3.63) is 130 Å². The van der Waals surface area contributed by atoms with Gasteiger partial charge in [0, 0.05) is 0 Å². The molecule has 0 saturated heterocycles. The molecule has 2 N–H and O–H groups in total. The predicted molar refractivity (Wildman–Crippen MR) is 184 cm³/mol. The Kier molecular flexibility index (Phi) is 13.5. The zero-order chi connectivity index (χ0) is 31.5. The van der Waals surface area contributed by atoms with Crippen LogP contribution in [-0.2, 0) is 0 Å². The zero-order valence-corrected chi connectivity index (χ0v) is 28.0. The van der Waals surface area contributed by atoms with Crippen LogP contribution in [0, 0.1) is 10.8 Å². The van der Waals surface area contributed by atoms with Crippen molar-refractivity contribution in [2.75, 3.05) is 0 Å². The summed E-state index contributed by atoms with van der Waals surface area (Å²) in [7, 11) is 0. The minimum atomic E-state index is -0.227. The first-order chi connectivity index (χ1) is 19.6. The number of rotatable bonds is 10. The highest BCUT2D eigenvalue weighted by Gasteiger charge is 2.32. The summed E-state index contributed by atoms with van der Waals surface area (Å²) in [6.07, 6.45) is 32.6. The molecular formula is C40H56O2. The van der Waals surface area contributed by atoms with Gasteiger partial charge in [-0.25, -0.2) is 0 Å². The van der Waals surface area contributed by atoms with Gasteiger partial charge in [0.2, 0.25) is 0 Å². The monoisotopic (exact) mass is 568 g/mol. The second-order valence-corrected chi connectivity index (χ2v) is 13.7. The summed E-state index contributed by atoms with van der Waals surface area (Å²) in [4.78, 5) is 0. The molecule has 0 aromatic rings. The van der Waals surface area contributed by atoms with E-state index >= 15 is 0 Å². The van der Waals surface area contributed by atoms with Crippen molar-refractivity contribution in [2.45, 2.75) is 107 Å². The summed E-state index contributed by atoms with van der Waals surface area (Å²) in [6, 6.07) is 0. The van der Waals surface area contributed by atoms with Crippen LogP contribution in [-0.4, -0.2) is 22.4 Å². The van der Waals surface area contributed by atoms with E-state index in [9.17, 15) is 10.2 Å². The first-order valence-corrected chi connectivity index (χ1v) is 15.5. The molecule has 0 aromatic heterocycles. The summed E-state index contributed by atoms with van der Waals surface area (Å²) >= 11 is 0. The quantitative estimate of drug-likeness (QED) is 0.257. The summed E-state index contributed by atoms with van der Waals surface area (Å²) in [6.45, 7) is 21.6. The molecular weight excluding hydrogens is 512 g/mol. The average Bonchev–Trinajstić information content (AvgIpc) is 2.84. The highest BCUT2D eigenvalue weighted by Crippen LogP contribution is 2.42. The van der Waals surface area contributed by atoms with Crippen molar-refractivity contribution in [1.82, 2.24) is 0 Å². The number of aliphatic hydroxyl groups excluding tert-OH is 2. The normalized spacial score (nSPS) is 25.0. The Labute approximate surface area is 257 Å². The molecule has 42 heavy (non-hydrogen) atoms. The molecule has 0 spiro atoms. The molecule has 228 valence electrons. The third kappa shape index (κ3) is 11.7. The molecule has 0 bridgehead atoms. The fourth-order valence-corrected chi connectivity index (χ4v) is 6.13. The molecule has 2 nitrogen and oxygen atoms in total. The third-order valence-corrected chi connectivity index (χ3v) is 8.24. The number of allylic oxidation sites excluding steroid dienone is 20. The molecule has 0 fully saturated rings. The molecule has 0 saturated carbocycles. The van der Waals surface area contributed by atoms with E-state index in [2.05, 4.69) is 154 Å². The van der Waals surface area contributed by atoms with Crippen LogP contribution >= 0.6 is 0 Å². The minimum absolute atomic E-state index is 0.00547. The van der Waals surface area contributed by atoms with Crippen LogP contribution in [0.3, 0.4) is 0 Å². The summed E-state index contributed by atoms with van der Waals surface area (Å²) in [5.41, 5.74) is 10.1. The molecule has 2 aliphatic rings. The van der Waals surface area contributed by atoms with Crippen molar-refractivity contribution < 1.29 is 10.2 Å². The Morgan fingerprint density at radius 2 is 0.857 bits per heavy atom. The van der Waals surface area contributed by atoms with Crippen LogP contribution < -0.4 is 0 Å². The molecule has 2 aliphatic carbocycles. The van der Waals surface area contributed by atoms with Crippen LogP contribution in [0.5, 0.6) is 0 Å². The first kappa shape index (κ1) is 35.3. The van der Waals surface area contributed by atoms with Crippen LogP contribution in [0.2, 0.25) is 0 Å². The molecule has 0 unspecified atom stereocenters. The lowest BCUT2D eigenvalue weighted by atomic mass is 9.71. The van der Waals surface area contributed by atoms with Crippen molar-refractivity contribution in [3.8, 4) is 0 Å². The predicted octanol–water partition coefficient (Wildman–Crippen LogP) is 10.5. The van der Waals surface area contributed by atoms with Gasteiger partial charge in [-0.3, -0.25) is 0 Å². The van der Waals surface area contributed by atoms with Crippen LogP contribution in [0.4, 0.5) is 0 Å². The van der Waals surface area contributed by atoms with E-state index in [1.54, 1.807) is 0 Å². The lowest BCUT2D eigenvalue weighted by molar-refractivity contribution is 0.116. The smallest absolute Gasteiger partial charge is 0.0585 e. The van der Waals surface area contributed by atoms with Crippen molar-refractivity contribution >= 4 is 0 Å². The van der Waals surface area contributed by atoms with E-state index in [0.717, 1.165) is 25.7 Å². The largest absolute Gasteiger partial charge is 0.393 e. The van der Waals surface area contributed by atoms with Gasteiger partial charge in [0.1, 0.15) is 0 Å². The number of aliphatic hydroxyl groups is 2. The molecule has 2 rings (SSSR count). The molecule has 0 amide bonds. The van der Waals surface area contributed by atoms with Crippen molar-refractivity contribution in [3.63, 3.8) is 0 Å². The Morgan fingerprint density at radius 3 is 1.19 bits per heavy atom. The molecule has 0 heterocycles. The van der Waals surface area contributed by atoms with Gasteiger partial charge in [0.25, 0.3) is 0 Å². The van der Waals surface area contributed by atoms with Gasteiger partial charge in [-0.15, -0.1) is 0 Å². The van der Waals surface area contributed by atoms with Gasteiger partial charge >= 0.3 is 0 Å². The fourth-order valence-electron chi connectivity index (χ4n) is 6.13.